The monoisotopic (exact) mass is 347 g/mol. The number of carbonyl (C=O) groups excluding carboxylic acids is 2. The van der Waals surface area contributed by atoms with Crippen LogP contribution in [0.1, 0.15) is 36.0 Å². The molecule has 3 rings (SSSR count). The average molecular weight is 347 g/mol. The lowest BCUT2D eigenvalue weighted by molar-refractivity contribution is -0.141. The number of likely N-dealkylation sites (tertiary alicyclic amines) is 1. The van der Waals surface area contributed by atoms with Crippen LogP contribution in [-0.2, 0) is 9.59 Å². The zero-order valence-corrected chi connectivity index (χ0v) is 13.9. The number of Topliss-reactive ketones (excluding diaryl/α,β-unsaturated/α-hetero) is 1. The van der Waals surface area contributed by atoms with Crippen LogP contribution in [0, 0.1) is 5.92 Å². The van der Waals surface area contributed by atoms with Gasteiger partial charge in [-0.05, 0) is 31.0 Å². The van der Waals surface area contributed by atoms with Gasteiger partial charge in [-0.2, -0.15) is 0 Å². The molecule has 0 radical (unpaired) electrons. The van der Waals surface area contributed by atoms with Crippen molar-refractivity contribution < 1.29 is 29.0 Å². The summed E-state index contributed by atoms with van der Waals surface area (Å²) >= 11 is 0. The number of carboxylic acids is 1. The maximum Gasteiger partial charge on any atom is 0.303 e. The van der Waals surface area contributed by atoms with E-state index in [0.717, 1.165) is 0 Å². The van der Waals surface area contributed by atoms with Crippen LogP contribution in [0.2, 0.25) is 0 Å². The Morgan fingerprint density at radius 1 is 1.04 bits per heavy atom. The number of nitrogens with zero attached hydrogens (tertiary/aromatic N) is 1. The van der Waals surface area contributed by atoms with E-state index in [0.29, 0.717) is 56.2 Å². The molecule has 0 unspecified atom stereocenters. The Hall–Kier alpha value is -2.57. The Morgan fingerprint density at radius 2 is 1.72 bits per heavy atom. The van der Waals surface area contributed by atoms with Gasteiger partial charge in [-0.15, -0.1) is 0 Å². The van der Waals surface area contributed by atoms with E-state index in [2.05, 4.69) is 0 Å². The fourth-order valence-electron chi connectivity index (χ4n) is 3.20. The maximum atomic E-state index is 12.7. The first kappa shape index (κ1) is 17.3. The average Bonchev–Trinajstić information content (AvgIpc) is 2.65. The number of rotatable bonds is 5. The number of aliphatic carboxylic acids is 1. The standard InChI is InChI=1S/C18H21NO6/c20-16(3-4-17(21)22)19-7-5-12(6-8-19)18(23)13-1-2-14-15(11-13)25-10-9-24-14/h1-2,11-12H,3-10H2,(H,21,22). The lowest BCUT2D eigenvalue weighted by Gasteiger charge is -2.31. The Balaban J connectivity index is 1.56. The Kier molecular flexibility index (Phi) is 5.21. The minimum absolute atomic E-state index is 0.0100. The highest BCUT2D eigenvalue weighted by atomic mass is 16.6. The summed E-state index contributed by atoms with van der Waals surface area (Å²) in [7, 11) is 0. The van der Waals surface area contributed by atoms with E-state index in [1.54, 1.807) is 23.1 Å². The normalized spacial score (nSPS) is 17.2. The van der Waals surface area contributed by atoms with Gasteiger partial charge in [0.15, 0.2) is 17.3 Å². The number of hydrogen-bond donors (Lipinski definition) is 1. The number of amides is 1. The van der Waals surface area contributed by atoms with E-state index >= 15 is 0 Å². The Labute approximate surface area is 145 Å². The van der Waals surface area contributed by atoms with Crippen LogP contribution < -0.4 is 9.47 Å². The third-order valence-corrected chi connectivity index (χ3v) is 4.60. The van der Waals surface area contributed by atoms with Gasteiger partial charge < -0.3 is 19.5 Å². The third kappa shape index (κ3) is 4.10. The van der Waals surface area contributed by atoms with E-state index in [4.69, 9.17) is 14.6 Å². The molecule has 0 bridgehead atoms. The van der Waals surface area contributed by atoms with Crippen LogP contribution in [0.25, 0.3) is 0 Å². The lowest BCUT2D eigenvalue weighted by atomic mass is 9.88. The van der Waals surface area contributed by atoms with Crippen molar-refractivity contribution in [1.29, 1.82) is 0 Å². The Morgan fingerprint density at radius 3 is 2.40 bits per heavy atom. The van der Waals surface area contributed by atoms with Crippen molar-refractivity contribution in [3.05, 3.63) is 23.8 Å². The van der Waals surface area contributed by atoms with E-state index in [1.807, 2.05) is 0 Å². The molecule has 1 N–H and O–H groups in total. The van der Waals surface area contributed by atoms with Gasteiger partial charge in [0, 0.05) is 31.0 Å². The fraction of sp³-hybridized carbons (Fsp3) is 0.500. The van der Waals surface area contributed by atoms with Crippen LogP contribution in [-0.4, -0.2) is 54.0 Å². The number of piperidine rings is 1. The molecule has 1 saturated heterocycles. The SMILES string of the molecule is O=C(O)CCC(=O)N1CCC(C(=O)c2ccc3c(c2)OCCO3)CC1. The Bertz CT molecular complexity index is 678. The van der Waals surface area contributed by atoms with Crippen molar-refractivity contribution in [2.24, 2.45) is 5.92 Å². The molecular formula is C18H21NO6. The predicted molar refractivity (Wildman–Crippen MR) is 87.9 cm³/mol. The molecule has 0 aromatic heterocycles. The van der Waals surface area contributed by atoms with Gasteiger partial charge in [0.2, 0.25) is 5.91 Å². The summed E-state index contributed by atoms with van der Waals surface area (Å²) in [5.41, 5.74) is 0.597. The molecule has 134 valence electrons. The number of carboxylic acid groups (broad SMARTS) is 1. The van der Waals surface area contributed by atoms with Crippen molar-refractivity contribution in [3.63, 3.8) is 0 Å². The van der Waals surface area contributed by atoms with Crippen LogP contribution in [0.5, 0.6) is 11.5 Å². The quantitative estimate of drug-likeness (QED) is 0.816. The molecule has 0 aliphatic carbocycles. The van der Waals surface area contributed by atoms with Crippen LogP contribution >= 0.6 is 0 Å². The first-order valence-corrected chi connectivity index (χ1v) is 8.48. The van der Waals surface area contributed by atoms with E-state index in [1.165, 1.54) is 0 Å². The van der Waals surface area contributed by atoms with Gasteiger partial charge >= 0.3 is 5.97 Å². The van der Waals surface area contributed by atoms with Crippen molar-refractivity contribution >= 4 is 17.7 Å². The first-order valence-electron chi connectivity index (χ1n) is 8.48. The van der Waals surface area contributed by atoms with E-state index < -0.39 is 5.97 Å². The number of hydrogen-bond acceptors (Lipinski definition) is 5. The van der Waals surface area contributed by atoms with Crippen molar-refractivity contribution in [3.8, 4) is 11.5 Å². The molecule has 7 nitrogen and oxygen atoms in total. The number of ketones is 1. The summed E-state index contributed by atoms with van der Waals surface area (Å²) in [5, 5.41) is 8.65. The predicted octanol–water partition coefficient (Wildman–Crippen LogP) is 1.74. The third-order valence-electron chi connectivity index (χ3n) is 4.60. The molecular weight excluding hydrogens is 326 g/mol. The maximum absolute atomic E-state index is 12.7. The fourth-order valence-corrected chi connectivity index (χ4v) is 3.20. The molecule has 25 heavy (non-hydrogen) atoms. The molecule has 1 fully saturated rings. The molecule has 2 aliphatic rings. The molecule has 0 spiro atoms. The van der Waals surface area contributed by atoms with Crippen LogP contribution in [0.4, 0.5) is 0 Å². The summed E-state index contributed by atoms with van der Waals surface area (Å²) in [6.07, 6.45) is 1.03. The van der Waals surface area contributed by atoms with Crippen molar-refractivity contribution in [2.75, 3.05) is 26.3 Å². The number of ether oxygens (including phenoxy) is 2. The molecule has 0 atom stereocenters. The highest BCUT2D eigenvalue weighted by Gasteiger charge is 2.28. The van der Waals surface area contributed by atoms with Gasteiger partial charge in [-0.3, -0.25) is 14.4 Å². The number of fused-ring (bicyclic) bond motifs is 1. The van der Waals surface area contributed by atoms with Gasteiger partial charge in [-0.1, -0.05) is 0 Å². The second-order valence-electron chi connectivity index (χ2n) is 6.27. The lowest BCUT2D eigenvalue weighted by Crippen LogP contribution is -2.40. The van der Waals surface area contributed by atoms with Gasteiger partial charge in [0.05, 0.1) is 6.42 Å². The molecule has 2 aliphatic heterocycles. The molecule has 0 saturated carbocycles. The van der Waals surface area contributed by atoms with Crippen LogP contribution in [0.15, 0.2) is 18.2 Å². The number of carbonyl (C=O) groups is 3. The largest absolute Gasteiger partial charge is 0.486 e. The van der Waals surface area contributed by atoms with E-state index in [9.17, 15) is 14.4 Å². The second-order valence-corrected chi connectivity index (χ2v) is 6.27. The zero-order valence-electron chi connectivity index (χ0n) is 13.9. The molecule has 1 amide bonds. The van der Waals surface area contributed by atoms with Crippen molar-refractivity contribution in [2.45, 2.75) is 25.7 Å². The van der Waals surface area contributed by atoms with E-state index in [-0.39, 0.29) is 30.4 Å². The molecule has 1 aromatic carbocycles. The summed E-state index contributed by atoms with van der Waals surface area (Å²) in [6, 6.07) is 5.23. The summed E-state index contributed by atoms with van der Waals surface area (Å²) < 4.78 is 11.0. The molecule has 7 heteroatoms. The highest BCUT2D eigenvalue weighted by molar-refractivity contribution is 5.98. The first-order chi connectivity index (χ1) is 12.0. The molecule has 2 heterocycles. The van der Waals surface area contributed by atoms with Gasteiger partial charge in [0.1, 0.15) is 13.2 Å². The molecule has 1 aromatic rings. The van der Waals surface area contributed by atoms with Crippen LogP contribution in [0.3, 0.4) is 0 Å². The second kappa shape index (κ2) is 7.55. The minimum Gasteiger partial charge on any atom is -0.486 e. The van der Waals surface area contributed by atoms with Gasteiger partial charge in [0.25, 0.3) is 0 Å². The summed E-state index contributed by atoms with van der Waals surface area (Å²) in [5.74, 6) is 0.0328. The summed E-state index contributed by atoms with van der Waals surface area (Å²) in [6.45, 7) is 1.95. The topological polar surface area (TPSA) is 93.1 Å². The zero-order chi connectivity index (χ0) is 17.8. The highest BCUT2D eigenvalue weighted by Crippen LogP contribution is 2.32. The van der Waals surface area contributed by atoms with Crippen molar-refractivity contribution in [1.82, 2.24) is 4.90 Å². The minimum atomic E-state index is -0.975. The number of benzene rings is 1. The smallest absolute Gasteiger partial charge is 0.303 e. The van der Waals surface area contributed by atoms with Gasteiger partial charge in [-0.25, -0.2) is 0 Å². The summed E-state index contributed by atoms with van der Waals surface area (Å²) in [4.78, 5) is 36.9.